The molecule has 2 aromatic rings. The van der Waals surface area contributed by atoms with Crippen molar-refractivity contribution in [1.29, 1.82) is 0 Å². The molecule has 0 radical (unpaired) electrons. The van der Waals surface area contributed by atoms with E-state index in [1.807, 2.05) is 0 Å². The third-order valence-corrected chi connectivity index (χ3v) is 3.90. The fraction of sp³-hybridized carbons (Fsp3) is 0.250. The molecule has 102 valence electrons. The van der Waals surface area contributed by atoms with E-state index in [4.69, 9.17) is 0 Å². The molecular formula is C16H16N2O2. The van der Waals surface area contributed by atoms with Gasteiger partial charge in [0.25, 0.3) is 5.69 Å². The zero-order valence-electron chi connectivity index (χ0n) is 11.2. The number of hydrogen-bond acceptors (Lipinski definition) is 3. The molecule has 0 saturated heterocycles. The van der Waals surface area contributed by atoms with Gasteiger partial charge in [0.05, 0.1) is 11.0 Å². The average Bonchev–Trinajstić information content (AvgIpc) is 2.76. The molecule has 4 heteroatoms. The summed E-state index contributed by atoms with van der Waals surface area (Å²) in [5, 5.41) is 14.1. The lowest BCUT2D eigenvalue weighted by atomic mass is 10.0. The Morgan fingerprint density at radius 1 is 1.15 bits per heavy atom. The Labute approximate surface area is 117 Å². The SMILES string of the molecule is CC1Cc2ccccc2C1Nc1ccc([N+](=O)[O-])cc1. The van der Waals surface area contributed by atoms with Gasteiger partial charge in [-0.25, -0.2) is 0 Å². The number of benzene rings is 2. The van der Waals surface area contributed by atoms with Gasteiger partial charge in [0, 0.05) is 17.8 Å². The molecule has 20 heavy (non-hydrogen) atoms. The number of nitro groups is 1. The molecule has 0 fully saturated rings. The normalized spacial score (nSPS) is 20.4. The fourth-order valence-corrected chi connectivity index (χ4v) is 2.87. The highest BCUT2D eigenvalue weighted by Gasteiger charge is 2.28. The Morgan fingerprint density at radius 2 is 1.85 bits per heavy atom. The number of rotatable bonds is 3. The molecule has 0 amide bonds. The fourth-order valence-electron chi connectivity index (χ4n) is 2.87. The van der Waals surface area contributed by atoms with Gasteiger partial charge in [-0.3, -0.25) is 10.1 Å². The van der Waals surface area contributed by atoms with E-state index < -0.39 is 0 Å². The summed E-state index contributed by atoms with van der Waals surface area (Å²) in [6.45, 7) is 2.23. The van der Waals surface area contributed by atoms with Gasteiger partial charge in [-0.1, -0.05) is 31.2 Å². The van der Waals surface area contributed by atoms with Crippen molar-refractivity contribution in [3.05, 3.63) is 69.8 Å². The minimum absolute atomic E-state index is 0.121. The van der Waals surface area contributed by atoms with Crippen molar-refractivity contribution in [2.24, 2.45) is 5.92 Å². The molecule has 3 rings (SSSR count). The van der Waals surface area contributed by atoms with Crippen LogP contribution in [0.5, 0.6) is 0 Å². The largest absolute Gasteiger partial charge is 0.378 e. The molecule has 0 spiro atoms. The minimum atomic E-state index is -0.378. The number of nitrogens with zero attached hydrogens (tertiary/aromatic N) is 1. The zero-order valence-corrected chi connectivity index (χ0v) is 11.2. The third-order valence-electron chi connectivity index (χ3n) is 3.90. The lowest BCUT2D eigenvalue weighted by molar-refractivity contribution is -0.384. The maximum Gasteiger partial charge on any atom is 0.269 e. The predicted molar refractivity (Wildman–Crippen MR) is 78.8 cm³/mol. The van der Waals surface area contributed by atoms with Gasteiger partial charge in [-0.2, -0.15) is 0 Å². The summed E-state index contributed by atoms with van der Waals surface area (Å²) < 4.78 is 0. The molecule has 4 nitrogen and oxygen atoms in total. The number of nitrogens with one attached hydrogen (secondary N) is 1. The van der Waals surface area contributed by atoms with E-state index in [1.165, 1.54) is 23.3 Å². The van der Waals surface area contributed by atoms with Gasteiger partial charge in [0.2, 0.25) is 0 Å². The average molecular weight is 268 g/mol. The summed E-state index contributed by atoms with van der Waals surface area (Å²) in [7, 11) is 0. The van der Waals surface area contributed by atoms with E-state index in [1.54, 1.807) is 12.1 Å². The summed E-state index contributed by atoms with van der Waals surface area (Å²) in [6, 6.07) is 15.3. The topological polar surface area (TPSA) is 55.2 Å². The standard InChI is InChI=1S/C16H16N2O2/c1-11-10-12-4-2-3-5-15(12)16(11)17-13-6-8-14(9-7-13)18(19)20/h2-9,11,16-17H,10H2,1H3. The number of fused-ring (bicyclic) bond motifs is 1. The van der Waals surface area contributed by atoms with E-state index in [9.17, 15) is 10.1 Å². The van der Waals surface area contributed by atoms with Gasteiger partial charge in [-0.05, 0) is 35.6 Å². The lowest BCUT2D eigenvalue weighted by Crippen LogP contribution is -2.14. The van der Waals surface area contributed by atoms with Crippen LogP contribution >= 0.6 is 0 Å². The maximum atomic E-state index is 10.7. The molecule has 0 saturated carbocycles. The Hall–Kier alpha value is -2.36. The molecule has 0 aromatic heterocycles. The Morgan fingerprint density at radius 3 is 2.55 bits per heavy atom. The van der Waals surface area contributed by atoms with Crippen LogP contribution in [0.15, 0.2) is 48.5 Å². The zero-order chi connectivity index (χ0) is 14.1. The summed E-state index contributed by atoms with van der Waals surface area (Å²) in [6.07, 6.45) is 1.07. The second kappa shape index (κ2) is 4.96. The van der Waals surface area contributed by atoms with E-state index in [2.05, 4.69) is 36.5 Å². The quantitative estimate of drug-likeness (QED) is 0.677. The molecule has 0 bridgehead atoms. The van der Waals surface area contributed by atoms with Crippen molar-refractivity contribution >= 4 is 11.4 Å². The molecular weight excluding hydrogens is 252 g/mol. The van der Waals surface area contributed by atoms with E-state index in [0.29, 0.717) is 5.92 Å². The third kappa shape index (κ3) is 2.25. The molecule has 1 aliphatic carbocycles. The van der Waals surface area contributed by atoms with Crippen molar-refractivity contribution in [3.63, 3.8) is 0 Å². The summed E-state index contributed by atoms with van der Waals surface area (Å²) in [5.74, 6) is 0.516. The van der Waals surface area contributed by atoms with Gasteiger partial charge in [0.1, 0.15) is 0 Å². The van der Waals surface area contributed by atoms with Gasteiger partial charge < -0.3 is 5.32 Å². The first-order valence-electron chi connectivity index (χ1n) is 6.74. The Bertz CT molecular complexity index is 637. The maximum absolute atomic E-state index is 10.7. The molecule has 2 aromatic carbocycles. The van der Waals surface area contributed by atoms with Crippen LogP contribution < -0.4 is 5.32 Å². The molecule has 1 aliphatic rings. The van der Waals surface area contributed by atoms with Crippen molar-refractivity contribution in [3.8, 4) is 0 Å². The van der Waals surface area contributed by atoms with Crippen LogP contribution in [-0.4, -0.2) is 4.92 Å². The first-order valence-corrected chi connectivity index (χ1v) is 6.74. The number of nitro benzene ring substituents is 1. The number of anilines is 1. The van der Waals surface area contributed by atoms with Gasteiger partial charge in [-0.15, -0.1) is 0 Å². The Kier molecular flexibility index (Phi) is 3.14. The van der Waals surface area contributed by atoms with Crippen LogP contribution in [0.2, 0.25) is 0 Å². The minimum Gasteiger partial charge on any atom is -0.378 e. The summed E-state index contributed by atoms with van der Waals surface area (Å²) in [5.41, 5.74) is 3.76. The first kappa shape index (κ1) is 12.7. The van der Waals surface area contributed by atoms with E-state index in [-0.39, 0.29) is 16.7 Å². The van der Waals surface area contributed by atoms with Crippen LogP contribution in [0.3, 0.4) is 0 Å². The van der Waals surface area contributed by atoms with Crippen LogP contribution in [0.1, 0.15) is 24.1 Å². The second-order valence-corrected chi connectivity index (χ2v) is 5.31. The lowest BCUT2D eigenvalue weighted by Gasteiger charge is -2.20. The highest BCUT2D eigenvalue weighted by Crippen LogP contribution is 2.38. The van der Waals surface area contributed by atoms with Crippen molar-refractivity contribution in [1.82, 2.24) is 0 Å². The smallest absolute Gasteiger partial charge is 0.269 e. The second-order valence-electron chi connectivity index (χ2n) is 5.31. The summed E-state index contributed by atoms with van der Waals surface area (Å²) in [4.78, 5) is 10.3. The van der Waals surface area contributed by atoms with Gasteiger partial charge >= 0.3 is 0 Å². The van der Waals surface area contributed by atoms with Crippen molar-refractivity contribution < 1.29 is 4.92 Å². The van der Waals surface area contributed by atoms with Crippen LogP contribution in [0.25, 0.3) is 0 Å². The molecule has 0 aliphatic heterocycles. The highest BCUT2D eigenvalue weighted by molar-refractivity contribution is 5.52. The van der Waals surface area contributed by atoms with Gasteiger partial charge in [0.15, 0.2) is 0 Å². The highest BCUT2D eigenvalue weighted by atomic mass is 16.6. The molecule has 1 N–H and O–H groups in total. The Balaban J connectivity index is 1.82. The molecule has 2 atom stereocenters. The number of non-ortho nitro benzene ring substituents is 1. The first-order chi connectivity index (χ1) is 9.65. The predicted octanol–water partition coefficient (Wildman–Crippen LogP) is 3.94. The summed E-state index contributed by atoms with van der Waals surface area (Å²) >= 11 is 0. The van der Waals surface area contributed by atoms with Crippen LogP contribution in [0.4, 0.5) is 11.4 Å². The number of hydrogen-bond donors (Lipinski definition) is 1. The van der Waals surface area contributed by atoms with Crippen LogP contribution in [0, 0.1) is 16.0 Å². The van der Waals surface area contributed by atoms with Crippen molar-refractivity contribution in [2.75, 3.05) is 5.32 Å². The monoisotopic (exact) mass is 268 g/mol. The van der Waals surface area contributed by atoms with E-state index >= 15 is 0 Å². The van der Waals surface area contributed by atoms with Crippen LogP contribution in [-0.2, 0) is 6.42 Å². The van der Waals surface area contributed by atoms with E-state index in [0.717, 1.165) is 12.1 Å². The van der Waals surface area contributed by atoms with Crippen molar-refractivity contribution in [2.45, 2.75) is 19.4 Å². The molecule has 0 heterocycles. The molecule has 2 unspecified atom stereocenters.